The van der Waals surface area contributed by atoms with Crippen molar-refractivity contribution in [2.45, 2.75) is 25.4 Å². The molecule has 0 radical (unpaired) electrons. The van der Waals surface area contributed by atoms with Crippen LogP contribution >= 0.6 is 0 Å². The van der Waals surface area contributed by atoms with Crippen molar-refractivity contribution < 1.29 is 0 Å². The Kier molecular flexibility index (Phi) is 3.16. The summed E-state index contributed by atoms with van der Waals surface area (Å²) in [6, 6.07) is 0.697. The minimum Gasteiger partial charge on any atom is -0.347 e. The fourth-order valence-electron chi connectivity index (χ4n) is 2.16. The van der Waals surface area contributed by atoms with Crippen molar-refractivity contribution in [2.24, 2.45) is 0 Å². The molecule has 0 aliphatic carbocycles. The first-order chi connectivity index (χ1) is 6.90. The number of nitrogens with one attached hydrogen (secondary N) is 2. The Balaban J connectivity index is 1.90. The van der Waals surface area contributed by atoms with Crippen LogP contribution in [-0.4, -0.2) is 41.0 Å². The summed E-state index contributed by atoms with van der Waals surface area (Å²) < 4.78 is 0. The van der Waals surface area contributed by atoms with Gasteiger partial charge in [-0.15, -0.1) is 0 Å². The fourth-order valence-corrected chi connectivity index (χ4v) is 2.16. The highest BCUT2D eigenvalue weighted by molar-refractivity contribution is 4.96. The van der Waals surface area contributed by atoms with Gasteiger partial charge in [-0.25, -0.2) is 4.98 Å². The molecule has 1 unspecified atom stereocenters. The van der Waals surface area contributed by atoms with E-state index < -0.39 is 0 Å². The number of rotatable bonds is 4. The summed E-state index contributed by atoms with van der Waals surface area (Å²) in [5, 5.41) is 3.25. The van der Waals surface area contributed by atoms with Gasteiger partial charge in [0.25, 0.3) is 0 Å². The molecule has 1 aliphatic rings. The summed E-state index contributed by atoms with van der Waals surface area (Å²) in [4.78, 5) is 9.71. The maximum atomic E-state index is 4.04. The SMILES string of the molecule is CNCC1CCCN1Cc1cnc[nH]1. The molecule has 4 nitrogen and oxygen atoms in total. The summed E-state index contributed by atoms with van der Waals surface area (Å²) in [6.07, 6.45) is 6.29. The average molecular weight is 194 g/mol. The number of nitrogens with zero attached hydrogens (tertiary/aromatic N) is 2. The first kappa shape index (κ1) is 9.68. The Hall–Kier alpha value is -0.870. The number of likely N-dealkylation sites (tertiary alicyclic amines) is 1. The number of aromatic nitrogens is 2. The van der Waals surface area contributed by atoms with Gasteiger partial charge in [0.15, 0.2) is 0 Å². The zero-order valence-electron chi connectivity index (χ0n) is 8.66. The van der Waals surface area contributed by atoms with Gasteiger partial charge in [0.2, 0.25) is 0 Å². The summed E-state index contributed by atoms with van der Waals surface area (Å²) in [7, 11) is 2.02. The molecule has 1 saturated heterocycles. The van der Waals surface area contributed by atoms with E-state index in [-0.39, 0.29) is 0 Å². The van der Waals surface area contributed by atoms with Crippen molar-refractivity contribution in [1.29, 1.82) is 0 Å². The summed E-state index contributed by atoms with van der Waals surface area (Å²) in [5.74, 6) is 0. The minimum absolute atomic E-state index is 0.697. The maximum Gasteiger partial charge on any atom is 0.0922 e. The molecule has 2 N–H and O–H groups in total. The second-order valence-electron chi connectivity index (χ2n) is 3.90. The number of aromatic amines is 1. The second-order valence-corrected chi connectivity index (χ2v) is 3.90. The monoisotopic (exact) mass is 194 g/mol. The Bertz CT molecular complexity index is 257. The smallest absolute Gasteiger partial charge is 0.0922 e. The summed E-state index contributed by atoms with van der Waals surface area (Å²) >= 11 is 0. The van der Waals surface area contributed by atoms with E-state index in [2.05, 4.69) is 20.2 Å². The van der Waals surface area contributed by atoms with Crippen LogP contribution in [0.4, 0.5) is 0 Å². The van der Waals surface area contributed by atoms with Crippen molar-refractivity contribution in [3.05, 3.63) is 18.2 Å². The quantitative estimate of drug-likeness (QED) is 0.737. The second kappa shape index (κ2) is 4.57. The molecule has 0 bridgehead atoms. The molecule has 2 heterocycles. The minimum atomic E-state index is 0.697. The first-order valence-corrected chi connectivity index (χ1v) is 5.26. The molecular formula is C10H18N4. The van der Waals surface area contributed by atoms with Crippen LogP contribution in [-0.2, 0) is 6.54 Å². The van der Waals surface area contributed by atoms with E-state index in [1.807, 2.05) is 13.2 Å². The standard InChI is InChI=1S/C10H18N4/c1-11-6-10-3-2-4-14(10)7-9-5-12-8-13-9/h5,8,10-11H,2-4,6-7H2,1H3,(H,12,13). The molecule has 1 atom stereocenters. The number of imidazole rings is 1. The van der Waals surface area contributed by atoms with Crippen molar-refractivity contribution in [3.8, 4) is 0 Å². The van der Waals surface area contributed by atoms with Crippen molar-refractivity contribution >= 4 is 0 Å². The lowest BCUT2D eigenvalue weighted by atomic mass is 10.2. The molecule has 1 fully saturated rings. The molecule has 1 aromatic heterocycles. The summed E-state index contributed by atoms with van der Waals surface area (Å²) in [6.45, 7) is 3.31. The summed E-state index contributed by atoms with van der Waals surface area (Å²) in [5.41, 5.74) is 1.22. The highest BCUT2D eigenvalue weighted by Crippen LogP contribution is 2.18. The molecule has 4 heteroatoms. The average Bonchev–Trinajstić information content (AvgIpc) is 2.80. The Labute approximate surface area is 84.7 Å². The molecule has 1 aromatic rings. The van der Waals surface area contributed by atoms with Crippen LogP contribution in [0.1, 0.15) is 18.5 Å². The Morgan fingerprint density at radius 2 is 2.64 bits per heavy atom. The van der Waals surface area contributed by atoms with Gasteiger partial charge in [0.05, 0.1) is 6.33 Å². The van der Waals surface area contributed by atoms with E-state index in [1.54, 1.807) is 6.33 Å². The van der Waals surface area contributed by atoms with Gasteiger partial charge in [-0.1, -0.05) is 0 Å². The van der Waals surface area contributed by atoms with E-state index >= 15 is 0 Å². The first-order valence-electron chi connectivity index (χ1n) is 5.26. The van der Waals surface area contributed by atoms with Crippen molar-refractivity contribution in [3.63, 3.8) is 0 Å². The predicted octanol–water partition coefficient (Wildman–Crippen LogP) is 0.593. The van der Waals surface area contributed by atoms with E-state index in [0.717, 1.165) is 13.1 Å². The van der Waals surface area contributed by atoms with Crippen molar-refractivity contribution in [2.75, 3.05) is 20.1 Å². The highest BCUT2D eigenvalue weighted by Gasteiger charge is 2.23. The van der Waals surface area contributed by atoms with Gasteiger partial charge in [-0.3, -0.25) is 4.90 Å². The lowest BCUT2D eigenvalue weighted by Gasteiger charge is -2.23. The topological polar surface area (TPSA) is 44.0 Å². The molecule has 1 aliphatic heterocycles. The third-order valence-corrected chi connectivity index (χ3v) is 2.87. The lowest BCUT2D eigenvalue weighted by Crippen LogP contribution is -2.36. The van der Waals surface area contributed by atoms with E-state index in [0.29, 0.717) is 6.04 Å². The van der Waals surface area contributed by atoms with Gasteiger partial charge in [0.1, 0.15) is 0 Å². The van der Waals surface area contributed by atoms with Crippen LogP contribution in [0, 0.1) is 0 Å². The highest BCUT2D eigenvalue weighted by atomic mass is 15.2. The fraction of sp³-hybridized carbons (Fsp3) is 0.700. The van der Waals surface area contributed by atoms with Crippen LogP contribution < -0.4 is 5.32 Å². The zero-order chi connectivity index (χ0) is 9.80. The van der Waals surface area contributed by atoms with Gasteiger partial charge < -0.3 is 10.3 Å². The van der Waals surface area contributed by atoms with Crippen LogP contribution in [0.25, 0.3) is 0 Å². The van der Waals surface area contributed by atoms with Crippen molar-refractivity contribution in [1.82, 2.24) is 20.2 Å². The van der Waals surface area contributed by atoms with Crippen LogP contribution in [0.15, 0.2) is 12.5 Å². The number of H-pyrrole nitrogens is 1. The van der Waals surface area contributed by atoms with Crippen LogP contribution in [0.5, 0.6) is 0 Å². The Morgan fingerprint density at radius 1 is 1.71 bits per heavy atom. The normalized spacial score (nSPS) is 23.1. The molecule has 78 valence electrons. The molecule has 0 spiro atoms. The van der Waals surface area contributed by atoms with Gasteiger partial charge in [-0.05, 0) is 26.4 Å². The third kappa shape index (κ3) is 2.13. The number of likely N-dealkylation sites (N-methyl/N-ethyl adjacent to an activating group) is 1. The maximum absolute atomic E-state index is 4.04. The van der Waals surface area contributed by atoms with Crippen LogP contribution in [0.3, 0.4) is 0 Å². The Morgan fingerprint density at radius 3 is 3.36 bits per heavy atom. The molecule has 14 heavy (non-hydrogen) atoms. The van der Waals surface area contributed by atoms with E-state index in [1.165, 1.54) is 25.1 Å². The molecule has 0 aromatic carbocycles. The molecule has 0 saturated carbocycles. The van der Waals surface area contributed by atoms with E-state index in [4.69, 9.17) is 0 Å². The van der Waals surface area contributed by atoms with Gasteiger partial charge in [-0.2, -0.15) is 0 Å². The number of hydrogen-bond donors (Lipinski definition) is 2. The largest absolute Gasteiger partial charge is 0.347 e. The number of hydrogen-bond acceptors (Lipinski definition) is 3. The van der Waals surface area contributed by atoms with Gasteiger partial charge >= 0.3 is 0 Å². The molecule has 0 amide bonds. The van der Waals surface area contributed by atoms with Gasteiger partial charge in [0, 0.05) is 31.0 Å². The van der Waals surface area contributed by atoms with Crippen LogP contribution in [0.2, 0.25) is 0 Å². The predicted molar refractivity (Wildman–Crippen MR) is 55.9 cm³/mol. The third-order valence-electron chi connectivity index (χ3n) is 2.87. The molecule has 2 rings (SSSR count). The molecular weight excluding hydrogens is 176 g/mol. The van der Waals surface area contributed by atoms with E-state index in [9.17, 15) is 0 Å². The zero-order valence-corrected chi connectivity index (χ0v) is 8.66. The lowest BCUT2D eigenvalue weighted by molar-refractivity contribution is 0.240.